The van der Waals surface area contributed by atoms with Gasteiger partial charge >= 0.3 is 0 Å². The second kappa shape index (κ2) is 6.91. The lowest BCUT2D eigenvalue weighted by atomic mass is 9.86. The van der Waals surface area contributed by atoms with E-state index in [1.165, 1.54) is 32.1 Å². The molecule has 2 saturated carbocycles. The van der Waals surface area contributed by atoms with Crippen molar-refractivity contribution in [1.82, 2.24) is 0 Å². The van der Waals surface area contributed by atoms with E-state index in [0.717, 1.165) is 47.9 Å². The Kier molecular flexibility index (Phi) is 4.50. The maximum atomic E-state index is 6.04. The Morgan fingerprint density at radius 1 is 1.17 bits per heavy atom. The Bertz CT molecular complexity index is 617. The smallest absolute Gasteiger partial charge is 0.193 e. The molecule has 2 bridgehead atoms. The molecule has 3 unspecified atom stereocenters. The number of nitrogens with one attached hydrogen (secondary N) is 1. The van der Waals surface area contributed by atoms with E-state index in [1.54, 1.807) is 0 Å². The minimum absolute atomic E-state index is 0.479. The molecule has 3 atom stereocenters. The van der Waals surface area contributed by atoms with Crippen LogP contribution in [0.3, 0.4) is 0 Å². The van der Waals surface area contributed by atoms with Crippen LogP contribution in [-0.4, -0.2) is 25.7 Å². The van der Waals surface area contributed by atoms with Crippen molar-refractivity contribution in [3.05, 3.63) is 18.2 Å². The minimum atomic E-state index is 0.479. The van der Waals surface area contributed by atoms with E-state index in [9.17, 15) is 0 Å². The van der Waals surface area contributed by atoms with Crippen LogP contribution in [0.15, 0.2) is 23.2 Å². The average molecular weight is 329 g/mol. The zero-order chi connectivity index (χ0) is 16.4. The third kappa shape index (κ3) is 3.45. The molecule has 1 aromatic carbocycles. The highest BCUT2D eigenvalue weighted by atomic mass is 16.5. The van der Waals surface area contributed by atoms with Crippen LogP contribution in [0.25, 0.3) is 0 Å². The van der Waals surface area contributed by atoms with E-state index >= 15 is 0 Å². The van der Waals surface area contributed by atoms with Crippen LogP contribution >= 0.6 is 0 Å². The van der Waals surface area contributed by atoms with Gasteiger partial charge in [0.25, 0.3) is 0 Å². The molecule has 0 saturated heterocycles. The Morgan fingerprint density at radius 3 is 2.83 bits per heavy atom. The molecule has 24 heavy (non-hydrogen) atoms. The zero-order valence-electron chi connectivity index (χ0n) is 14.2. The first-order valence-corrected chi connectivity index (χ1v) is 9.24. The fourth-order valence-electron chi connectivity index (χ4n) is 4.51. The highest BCUT2D eigenvalue weighted by Crippen LogP contribution is 2.49. The van der Waals surface area contributed by atoms with E-state index in [4.69, 9.17) is 15.2 Å². The summed E-state index contributed by atoms with van der Waals surface area (Å²) in [6.45, 7) is 2.20. The number of nitrogens with zero attached hydrogens (tertiary/aromatic N) is 1. The van der Waals surface area contributed by atoms with Gasteiger partial charge in [-0.1, -0.05) is 6.42 Å². The molecule has 3 aliphatic rings. The van der Waals surface area contributed by atoms with Gasteiger partial charge in [-0.25, -0.2) is 0 Å². The maximum Gasteiger partial charge on any atom is 0.193 e. The fraction of sp³-hybridized carbons (Fsp3) is 0.632. The van der Waals surface area contributed by atoms with Crippen LogP contribution in [0.4, 0.5) is 5.69 Å². The molecule has 3 N–H and O–H groups in total. The van der Waals surface area contributed by atoms with Crippen molar-refractivity contribution in [3.8, 4) is 11.5 Å². The third-order valence-corrected chi connectivity index (χ3v) is 5.69. The number of benzene rings is 1. The van der Waals surface area contributed by atoms with Crippen molar-refractivity contribution in [1.29, 1.82) is 0 Å². The summed E-state index contributed by atoms with van der Waals surface area (Å²) in [5, 5.41) is 3.16. The van der Waals surface area contributed by atoms with Crippen molar-refractivity contribution in [2.24, 2.45) is 28.5 Å². The topological polar surface area (TPSA) is 68.9 Å². The molecule has 0 radical (unpaired) electrons. The Labute approximate surface area is 143 Å². The normalized spacial score (nSPS) is 28.7. The zero-order valence-corrected chi connectivity index (χ0v) is 14.2. The predicted octanol–water partition coefficient (Wildman–Crippen LogP) is 3.40. The molecule has 1 aromatic rings. The molecular weight excluding hydrogens is 302 g/mol. The van der Waals surface area contributed by atoms with Gasteiger partial charge in [0.15, 0.2) is 17.5 Å². The van der Waals surface area contributed by atoms with Gasteiger partial charge in [0, 0.05) is 24.7 Å². The summed E-state index contributed by atoms with van der Waals surface area (Å²) in [5.41, 5.74) is 6.93. The molecular formula is C19H27N3O2. The highest BCUT2D eigenvalue weighted by Gasteiger charge is 2.38. The number of anilines is 1. The molecule has 1 heterocycles. The summed E-state index contributed by atoms with van der Waals surface area (Å²) in [6, 6.07) is 5.80. The average Bonchev–Trinajstić information content (AvgIpc) is 3.11. The van der Waals surface area contributed by atoms with Gasteiger partial charge in [-0.2, -0.15) is 0 Å². The van der Waals surface area contributed by atoms with Crippen LogP contribution in [0.2, 0.25) is 0 Å². The number of rotatable bonds is 4. The quantitative estimate of drug-likeness (QED) is 0.656. The lowest BCUT2D eigenvalue weighted by molar-refractivity contribution is 0.297. The van der Waals surface area contributed by atoms with Crippen LogP contribution in [-0.2, 0) is 0 Å². The first-order valence-electron chi connectivity index (χ1n) is 9.24. The second-order valence-electron chi connectivity index (χ2n) is 7.33. The largest absolute Gasteiger partial charge is 0.490 e. The summed E-state index contributed by atoms with van der Waals surface area (Å²) in [6.07, 6.45) is 7.84. The van der Waals surface area contributed by atoms with Crippen LogP contribution in [0.1, 0.15) is 38.5 Å². The number of hydrogen-bond donors (Lipinski definition) is 2. The maximum absolute atomic E-state index is 6.04. The highest BCUT2D eigenvalue weighted by molar-refractivity contribution is 5.92. The SMILES string of the molecule is NC(=NCCC1CC2CCC1C2)Nc1ccc2c(c1)OCCCO2. The molecule has 2 aliphatic carbocycles. The van der Waals surface area contributed by atoms with E-state index in [1.807, 2.05) is 18.2 Å². The Balaban J connectivity index is 1.30. The number of hydrogen-bond acceptors (Lipinski definition) is 3. The summed E-state index contributed by atoms with van der Waals surface area (Å²) in [7, 11) is 0. The van der Waals surface area contributed by atoms with Gasteiger partial charge < -0.3 is 20.5 Å². The third-order valence-electron chi connectivity index (χ3n) is 5.69. The number of guanidine groups is 1. The summed E-state index contributed by atoms with van der Waals surface area (Å²) in [5.74, 6) is 4.88. The monoisotopic (exact) mass is 329 g/mol. The number of ether oxygens (including phenoxy) is 2. The van der Waals surface area contributed by atoms with Crippen molar-refractivity contribution in [2.45, 2.75) is 38.5 Å². The molecule has 0 spiro atoms. The molecule has 5 heteroatoms. The van der Waals surface area contributed by atoms with Gasteiger partial charge in [-0.05, 0) is 55.6 Å². The van der Waals surface area contributed by atoms with Gasteiger partial charge in [0.1, 0.15) is 0 Å². The van der Waals surface area contributed by atoms with E-state index in [-0.39, 0.29) is 0 Å². The van der Waals surface area contributed by atoms with Crippen LogP contribution in [0.5, 0.6) is 11.5 Å². The minimum Gasteiger partial charge on any atom is -0.490 e. The summed E-state index contributed by atoms with van der Waals surface area (Å²) in [4.78, 5) is 4.51. The fourth-order valence-corrected chi connectivity index (χ4v) is 4.51. The van der Waals surface area contributed by atoms with E-state index in [2.05, 4.69) is 10.3 Å². The molecule has 130 valence electrons. The Hall–Kier alpha value is -1.91. The van der Waals surface area contributed by atoms with Gasteiger partial charge in [-0.15, -0.1) is 0 Å². The molecule has 2 fully saturated rings. The Morgan fingerprint density at radius 2 is 2.04 bits per heavy atom. The van der Waals surface area contributed by atoms with Crippen LogP contribution < -0.4 is 20.5 Å². The van der Waals surface area contributed by atoms with Gasteiger partial charge in [0.2, 0.25) is 0 Å². The lowest BCUT2D eigenvalue weighted by Gasteiger charge is -2.20. The van der Waals surface area contributed by atoms with Crippen LogP contribution in [0, 0.1) is 17.8 Å². The lowest BCUT2D eigenvalue weighted by Crippen LogP contribution is -2.23. The molecule has 1 aliphatic heterocycles. The molecule has 5 nitrogen and oxygen atoms in total. The van der Waals surface area contributed by atoms with E-state index in [0.29, 0.717) is 19.2 Å². The first kappa shape index (κ1) is 15.6. The number of fused-ring (bicyclic) bond motifs is 3. The summed E-state index contributed by atoms with van der Waals surface area (Å²) >= 11 is 0. The standard InChI is InChI=1S/C19H27N3O2/c20-19(21-7-6-15-11-13-2-3-14(15)10-13)22-16-4-5-17-18(12-16)24-9-1-8-23-17/h4-5,12-15H,1-3,6-11H2,(H3,20,21,22). The van der Waals surface area contributed by atoms with Crippen molar-refractivity contribution in [2.75, 3.05) is 25.1 Å². The van der Waals surface area contributed by atoms with Crippen molar-refractivity contribution in [3.63, 3.8) is 0 Å². The molecule has 4 rings (SSSR count). The summed E-state index contributed by atoms with van der Waals surface area (Å²) < 4.78 is 11.3. The number of aliphatic imine (C=N–C) groups is 1. The second-order valence-corrected chi connectivity index (χ2v) is 7.33. The van der Waals surface area contributed by atoms with E-state index < -0.39 is 0 Å². The number of nitrogens with two attached hydrogens (primary N) is 1. The first-order chi connectivity index (χ1) is 11.8. The predicted molar refractivity (Wildman–Crippen MR) is 95.7 cm³/mol. The molecule has 0 aromatic heterocycles. The van der Waals surface area contributed by atoms with Gasteiger partial charge in [0.05, 0.1) is 13.2 Å². The van der Waals surface area contributed by atoms with Crippen molar-refractivity contribution >= 4 is 11.6 Å². The van der Waals surface area contributed by atoms with Gasteiger partial charge in [-0.3, -0.25) is 4.99 Å². The van der Waals surface area contributed by atoms with Crippen molar-refractivity contribution < 1.29 is 9.47 Å². The molecule has 0 amide bonds.